The molecule has 0 N–H and O–H groups in total. The van der Waals surface area contributed by atoms with Gasteiger partial charge in [-0.2, -0.15) is 4.98 Å². The zero-order chi connectivity index (χ0) is 30.6. The fourth-order valence-corrected chi connectivity index (χ4v) is 7.26. The van der Waals surface area contributed by atoms with Gasteiger partial charge in [0.1, 0.15) is 17.3 Å². The van der Waals surface area contributed by atoms with Gasteiger partial charge >= 0.3 is 5.69 Å². The number of nitrogens with zero attached hydrogens (tertiary/aromatic N) is 6. The number of halogens is 2. The Balaban J connectivity index is 1.65. The minimum atomic E-state index is -0.708. The first-order valence-electron chi connectivity index (χ1n) is 14.3. The van der Waals surface area contributed by atoms with Crippen molar-refractivity contribution >= 4 is 34.5 Å². The molecule has 0 bridgehead atoms. The molecule has 1 aromatic carbocycles. The molecule has 0 unspecified atom stereocenters. The van der Waals surface area contributed by atoms with Gasteiger partial charge in [-0.25, -0.2) is 23.1 Å². The summed E-state index contributed by atoms with van der Waals surface area (Å²) in [6, 6.07) is 5.96. The van der Waals surface area contributed by atoms with Crippen LogP contribution in [0.4, 0.5) is 14.6 Å². The molecule has 0 radical (unpaired) electrons. The summed E-state index contributed by atoms with van der Waals surface area (Å²) in [6.07, 6.45) is 3.72. The predicted octanol–water partition coefficient (Wildman–Crippen LogP) is 5.42. The van der Waals surface area contributed by atoms with E-state index in [-0.39, 0.29) is 40.6 Å². The summed E-state index contributed by atoms with van der Waals surface area (Å²) in [6.45, 7) is 12.5. The van der Waals surface area contributed by atoms with Crippen molar-refractivity contribution in [3.8, 4) is 16.9 Å². The number of pyridine rings is 2. The fraction of sp³-hybridized carbons (Fsp3) is 0.344. The molecular weight excluding hydrogens is 570 g/mol. The zero-order valence-corrected chi connectivity index (χ0v) is 25.3. The van der Waals surface area contributed by atoms with E-state index in [1.807, 2.05) is 32.6 Å². The number of piperazine rings is 1. The highest BCUT2D eigenvalue weighted by molar-refractivity contribution is 7.99. The molecule has 0 spiro atoms. The van der Waals surface area contributed by atoms with Crippen LogP contribution in [0.25, 0.3) is 28.0 Å². The number of rotatable bonds is 5. The molecule has 0 saturated carbocycles. The smallest absolute Gasteiger partial charge is 0.350 e. The van der Waals surface area contributed by atoms with E-state index in [4.69, 9.17) is 4.98 Å². The van der Waals surface area contributed by atoms with Gasteiger partial charge in [0.05, 0.1) is 22.3 Å². The van der Waals surface area contributed by atoms with Crippen molar-refractivity contribution in [1.82, 2.24) is 24.4 Å². The number of amides is 1. The summed E-state index contributed by atoms with van der Waals surface area (Å²) in [5.74, 6) is -0.461. The van der Waals surface area contributed by atoms with Crippen molar-refractivity contribution in [2.24, 2.45) is 0 Å². The van der Waals surface area contributed by atoms with E-state index in [0.717, 1.165) is 23.3 Å². The Bertz CT molecular complexity index is 1860. The van der Waals surface area contributed by atoms with Gasteiger partial charge in [-0.3, -0.25) is 9.78 Å². The maximum absolute atomic E-state index is 16.2. The molecular formula is C32H32F2N6O2S. The highest BCUT2D eigenvalue weighted by Crippen LogP contribution is 2.42. The number of hydrogen-bond donors (Lipinski definition) is 0. The maximum atomic E-state index is 16.2. The number of fused-ring (bicyclic) bond motifs is 2. The lowest BCUT2D eigenvalue weighted by atomic mass is 10.0. The second-order valence-corrected chi connectivity index (χ2v) is 12.4. The topological polar surface area (TPSA) is 84.2 Å². The van der Waals surface area contributed by atoms with Gasteiger partial charge in [0.15, 0.2) is 11.5 Å². The molecule has 8 nitrogen and oxygen atoms in total. The predicted molar refractivity (Wildman–Crippen MR) is 165 cm³/mol. The Kier molecular flexibility index (Phi) is 7.53. The minimum Gasteiger partial charge on any atom is -0.350 e. The summed E-state index contributed by atoms with van der Waals surface area (Å²) in [5.41, 5.74) is 2.43. The fourth-order valence-electron chi connectivity index (χ4n) is 6.04. The summed E-state index contributed by atoms with van der Waals surface area (Å²) < 4.78 is 33.0. The Morgan fingerprint density at radius 2 is 1.95 bits per heavy atom. The Morgan fingerprint density at radius 1 is 1.16 bits per heavy atom. The molecule has 222 valence electrons. The third-order valence-electron chi connectivity index (χ3n) is 8.16. The molecule has 1 amide bonds. The lowest BCUT2D eigenvalue weighted by molar-refractivity contribution is -0.126. The largest absolute Gasteiger partial charge is 0.355 e. The zero-order valence-electron chi connectivity index (χ0n) is 24.5. The number of carbonyl (C=O) groups is 1. The highest BCUT2D eigenvalue weighted by atomic mass is 32.2. The van der Waals surface area contributed by atoms with Gasteiger partial charge in [0.2, 0.25) is 5.91 Å². The molecule has 43 heavy (non-hydrogen) atoms. The van der Waals surface area contributed by atoms with Crippen LogP contribution in [0.2, 0.25) is 0 Å². The molecule has 1 fully saturated rings. The molecule has 4 aromatic rings. The van der Waals surface area contributed by atoms with Crippen molar-refractivity contribution in [3.05, 3.63) is 82.1 Å². The van der Waals surface area contributed by atoms with Gasteiger partial charge in [-0.15, -0.1) is 11.8 Å². The maximum Gasteiger partial charge on any atom is 0.355 e. The van der Waals surface area contributed by atoms with Gasteiger partial charge in [-0.05, 0) is 61.6 Å². The Hall–Kier alpha value is -4.12. The van der Waals surface area contributed by atoms with E-state index in [0.29, 0.717) is 41.3 Å². The summed E-state index contributed by atoms with van der Waals surface area (Å²) >= 11 is 1.48. The second-order valence-electron chi connectivity index (χ2n) is 11.3. The van der Waals surface area contributed by atoms with E-state index in [2.05, 4.69) is 16.5 Å². The number of aryl methyl sites for hydroxylation is 2. The molecule has 0 aliphatic carbocycles. The lowest BCUT2D eigenvalue weighted by Gasteiger charge is -2.40. The van der Waals surface area contributed by atoms with Crippen LogP contribution in [0.5, 0.6) is 0 Å². The number of benzene rings is 1. The monoisotopic (exact) mass is 602 g/mol. The van der Waals surface area contributed by atoms with E-state index >= 15 is 8.78 Å². The van der Waals surface area contributed by atoms with Crippen LogP contribution in [0.1, 0.15) is 43.5 Å². The van der Waals surface area contributed by atoms with Crippen LogP contribution in [-0.2, 0) is 11.2 Å². The first-order chi connectivity index (χ1) is 20.6. The van der Waals surface area contributed by atoms with Crippen LogP contribution < -0.4 is 10.6 Å². The van der Waals surface area contributed by atoms with E-state index in [1.54, 1.807) is 23.2 Å². The quantitative estimate of drug-likeness (QED) is 0.282. The number of hydrogen-bond acceptors (Lipinski definition) is 7. The summed E-state index contributed by atoms with van der Waals surface area (Å²) in [4.78, 5) is 44.4. The normalized spacial score (nSPS) is 16.7. The van der Waals surface area contributed by atoms with Crippen molar-refractivity contribution in [2.75, 3.05) is 30.3 Å². The van der Waals surface area contributed by atoms with Gasteiger partial charge in [0.25, 0.3) is 0 Å². The average molecular weight is 603 g/mol. The SMILES string of the molecule is C=CC(=O)N1CCN(c2nc(=O)n(-c3c(C)ccnc3C(C)C)c3nc(-c4c(F)ccc5c4SCC5)c(F)cc23)[C@@H](C)C1. The van der Waals surface area contributed by atoms with Crippen LogP contribution in [0.15, 0.2) is 52.8 Å². The molecule has 1 atom stereocenters. The first-order valence-corrected chi connectivity index (χ1v) is 15.3. The van der Waals surface area contributed by atoms with E-state index in [1.165, 1.54) is 34.5 Å². The van der Waals surface area contributed by atoms with E-state index < -0.39 is 17.3 Å². The molecule has 6 rings (SSSR count). The van der Waals surface area contributed by atoms with Gasteiger partial charge in [0, 0.05) is 42.5 Å². The average Bonchev–Trinajstić information content (AvgIpc) is 3.46. The summed E-state index contributed by atoms with van der Waals surface area (Å²) in [7, 11) is 0. The number of aromatic nitrogens is 4. The molecule has 11 heteroatoms. The van der Waals surface area contributed by atoms with Crippen LogP contribution in [-0.4, -0.2) is 61.8 Å². The molecule has 3 aromatic heterocycles. The van der Waals surface area contributed by atoms with Crippen molar-refractivity contribution in [3.63, 3.8) is 0 Å². The first kappa shape index (κ1) is 29.0. The molecule has 5 heterocycles. The van der Waals surface area contributed by atoms with Crippen molar-refractivity contribution in [1.29, 1.82) is 0 Å². The number of carbonyl (C=O) groups excluding carboxylic acids is 1. The van der Waals surface area contributed by atoms with Gasteiger partial charge < -0.3 is 9.80 Å². The van der Waals surface area contributed by atoms with Crippen LogP contribution >= 0.6 is 11.8 Å². The van der Waals surface area contributed by atoms with Crippen molar-refractivity contribution < 1.29 is 13.6 Å². The molecule has 1 saturated heterocycles. The lowest BCUT2D eigenvalue weighted by Crippen LogP contribution is -2.54. The van der Waals surface area contributed by atoms with E-state index in [9.17, 15) is 9.59 Å². The Morgan fingerprint density at radius 3 is 2.67 bits per heavy atom. The third-order valence-corrected chi connectivity index (χ3v) is 9.32. The van der Waals surface area contributed by atoms with Crippen molar-refractivity contribution in [2.45, 2.75) is 51.0 Å². The molecule has 2 aliphatic heterocycles. The minimum absolute atomic E-state index is 0.0434. The Labute approximate surface area is 252 Å². The second kappa shape index (κ2) is 11.2. The van der Waals surface area contributed by atoms with Crippen LogP contribution in [0.3, 0.4) is 0 Å². The highest BCUT2D eigenvalue weighted by Gasteiger charge is 2.31. The standard InChI is InChI=1S/C32H32F2N6O2S/c1-6-24(41)38-12-13-39(19(5)16-38)30-21-15-23(34)27(25-22(33)8-7-20-10-14-43-29(20)25)36-31(21)40(32(42)37-30)28-18(4)9-11-35-26(28)17(2)3/h6-9,11,15,17,19H,1,10,12-14,16H2,2-5H3/t19-/m0/s1. The summed E-state index contributed by atoms with van der Waals surface area (Å²) in [5, 5.41) is 0.315. The number of anilines is 1. The third kappa shape index (κ3) is 4.89. The van der Waals surface area contributed by atoms with Crippen LogP contribution in [0, 0.1) is 18.6 Å². The van der Waals surface area contributed by atoms with Gasteiger partial charge in [-0.1, -0.05) is 26.5 Å². The molecule has 2 aliphatic rings. The number of thioether (sulfide) groups is 1.